The number of hydrogen-bond donors (Lipinski definition) is 1. The van der Waals surface area contributed by atoms with E-state index in [9.17, 15) is 4.79 Å². The lowest BCUT2D eigenvalue weighted by molar-refractivity contribution is -0.119. The summed E-state index contributed by atoms with van der Waals surface area (Å²) in [5, 5.41) is 10.5. The Bertz CT molecular complexity index is 327. The van der Waals surface area contributed by atoms with E-state index >= 15 is 0 Å². The minimum Gasteiger partial charge on any atom is -0.351 e. The van der Waals surface area contributed by atoms with Crippen molar-refractivity contribution in [1.82, 2.24) is 15.5 Å². The molecule has 0 aromatic carbocycles. The molecular formula is C8H10ClN3O. The maximum absolute atomic E-state index is 10.6. The lowest BCUT2D eigenvalue weighted by Crippen LogP contribution is -2.20. The fourth-order valence-corrected chi connectivity index (χ4v) is 1.06. The molecule has 0 saturated heterocycles. The summed E-state index contributed by atoms with van der Waals surface area (Å²) in [6, 6.07) is 1.71. The molecule has 0 unspecified atom stereocenters. The van der Waals surface area contributed by atoms with Crippen molar-refractivity contribution in [2.45, 2.75) is 20.4 Å². The fraction of sp³-hybridized carbons (Fsp3) is 0.375. The van der Waals surface area contributed by atoms with Gasteiger partial charge in [-0.2, -0.15) is 5.10 Å². The molecule has 0 aliphatic rings. The van der Waals surface area contributed by atoms with Crippen molar-refractivity contribution in [2.24, 2.45) is 0 Å². The number of hydrogen-bond acceptors (Lipinski definition) is 3. The van der Waals surface area contributed by atoms with Crippen LogP contribution >= 0.6 is 11.6 Å². The number of amides is 1. The lowest BCUT2D eigenvalue weighted by Gasteiger charge is -2.03. The largest absolute Gasteiger partial charge is 0.351 e. The molecule has 1 amide bonds. The average Bonchev–Trinajstić information content (AvgIpc) is 2.02. The predicted octanol–water partition coefficient (Wildman–Crippen LogP) is 1.07. The van der Waals surface area contributed by atoms with Gasteiger partial charge in [0.2, 0.25) is 5.91 Å². The van der Waals surface area contributed by atoms with Crippen molar-refractivity contribution in [3.8, 4) is 0 Å². The van der Waals surface area contributed by atoms with E-state index in [-0.39, 0.29) is 5.91 Å². The van der Waals surface area contributed by atoms with Crippen molar-refractivity contribution in [3.05, 3.63) is 22.5 Å². The van der Waals surface area contributed by atoms with Crippen LogP contribution < -0.4 is 5.32 Å². The highest BCUT2D eigenvalue weighted by Gasteiger charge is 2.02. The van der Waals surface area contributed by atoms with Gasteiger partial charge in [0.25, 0.3) is 0 Å². The van der Waals surface area contributed by atoms with Crippen LogP contribution in [-0.4, -0.2) is 16.1 Å². The molecule has 5 heteroatoms. The number of aryl methyl sites for hydroxylation is 1. The standard InChI is InChI=1S/C8H10ClN3O/c1-5-3-8(9)12-11-7(5)4-10-6(2)13/h3H,4H2,1-2H3,(H,10,13). The van der Waals surface area contributed by atoms with Gasteiger partial charge >= 0.3 is 0 Å². The number of rotatable bonds is 2. The molecule has 0 fully saturated rings. The number of carbonyl (C=O) groups excluding carboxylic acids is 1. The summed E-state index contributed by atoms with van der Waals surface area (Å²) in [6.07, 6.45) is 0. The smallest absolute Gasteiger partial charge is 0.217 e. The zero-order valence-electron chi connectivity index (χ0n) is 7.47. The molecule has 0 spiro atoms. The van der Waals surface area contributed by atoms with Gasteiger partial charge in [-0.1, -0.05) is 11.6 Å². The molecule has 0 aliphatic heterocycles. The zero-order chi connectivity index (χ0) is 9.84. The molecule has 0 saturated carbocycles. The summed E-state index contributed by atoms with van der Waals surface area (Å²) < 4.78 is 0. The van der Waals surface area contributed by atoms with Crippen molar-refractivity contribution in [3.63, 3.8) is 0 Å². The second kappa shape index (κ2) is 4.18. The Kier molecular flexibility index (Phi) is 3.19. The zero-order valence-corrected chi connectivity index (χ0v) is 8.22. The molecule has 70 valence electrons. The first-order chi connectivity index (χ1) is 6.09. The van der Waals surface area contributed by atoms with E-state index in [0.29, 0.717) is 11.7 Å². The number of nitrogens with zero attached hydrogens (tertiary/aromatic N) is 2. The second-order valence-electron chi connectivity index (χ2n) is 2.71. The van der Waals surface area contributed by atoms with E-state index in [1.54, 1.807) is 6.07 Å². The summed E-state index contributed by atoms with van der Waals surface area (Å²) in [7, 11) is 0. The summed E-state index contributed by atoms with van der Waals surface area (Å²) >= 11 is 5.62. The molecule has 0 aliphatic carbocycles. The Morgan fingerprint density at radius 1 is 1.62 bits per heavy atom. The van der Waals surface area contributed by atoms with Crippen LogP contribution in [0.15, 0.2) is 6.07 Å². The Balaban J connectivity index is 2.72. The highest BCUT2D eigenvalue weighted by Crippen LogP contribution is 2.08. The summed E-state index contributed by atoms with van der Waals surface area (Å²) in [5.74, 6) is -0.0869. The Morgan fingerprint density at radius 2 is 2.31 bits per heavy atom. The summed E-state index contributed by atoms with van der Waals surface area (Å²) in [6.45, 7) is 3.72. The monoisotopic (exact) mass is 199 g/mol. The minimum atomic E-state index is -0.0869. The predicted molar refractivity (Wildman–Crippen MR) is 49.3 cm³/mol. The van der Waals surface area contributed by atoms with Gasteiger partial charge in [0, 0.05) is 6.92 Å². The molecule has 0 bridgehead atoms. The highest BCUT2D eigenvalue weighted by molar-refractivity contribution is 6.29. The normalized spacial score (nSPS) is 9.77. The molecule has 1 aromatic heterocycles. The van der Waals surface area contributed by atoms with Gasteiger partial charge in [-0.15, -0.1) is 5.10 Å². The number of nitrogens with one attached hydrogen (secondary N) is 1. The third kappa shape index (κ3) is 2.99. The number of halogens is 1. The van der Waals surface area contributed by atoms with Crippen LogP contribution in [0.3, 0.4) is 0 Å². The maximum atomic E-state index is 10.6. The molecule has 1 heterocycles. The van der Waals surface area contributed by atoms with Crippen LogP contribution in [0, 0.1) is 6.92 Å². The van der Waals surface area contributed by atoms with Crippen molar-refractivity contribution >= 4 is 17.5 Å². The number of aromatic nitrogens is 2. The third-order valence-corrected chi connectivity index (χ3v) is 1.75. The molecule has 0 atom stereocenters. The van der Waals surface area contributed by atoms with Crippen molar-refractivity contribution in [1.29, 1.82) is 0 Å². The molecular weight excluding hydrogens is 190 g/mol. The van der Waals surface area contributed by atoms with E-state index in [0.717, 1.165) is 11.3 Å². The first kappa shape index (κ1) is 9.92. The first-order valence-corrected chi connectivity index (χ1v) is 4.20. The molecule has 4 nitrogen and oxygen atoms in total. The second-order valence-corrected chi connectivity index (χ2v) is 3.09. The summed E-state index contributed by atoms with van der Waals surface area (Å²) in [4.78, 5) is 10.6. The lowest BCUT2D eigenvalue weighted by atomic mass is 10.2. The van der Waals surface area contributed by atoms with Crippen molar-refractivity contribution in [2.75, 3.05) is 0 Å². The van der Waals surface area contributed by atoms with Gasteiger partial charge < -0.3 is 5.32 Å². The van der Waals surface area contributed by atoms with Gasteiger partial charge in [-0.05, 0) is 18.6 Å². The Hall–Kier alpha value is -1.16. The quantitative estimate of drug-likeness (QED) is 0.776. The first-order valence-electron chi connectivity index (χ1n) is 3.82. The highest BCUT2D eigenvalue weighted by atomic mass is 35.5. The maximum Gasteiger partial charge on any atom is 0.217 e. The van der Waals surface area contributed by atoms with Gasteiger partial charge in [0.15, 0.2) is 5.15 Å². The van der Waals surface area contributed by atoms with E-state index in [1.165, 1.54) is 6.92 Å². The topological polar surface area (TPSA) is 54.9 Å². The Morgan fingerprint density at radius 3 is 2.85 bits per heavy atom. The minimum absolute atomic E-state index is 0.0869. The molecule has 1 N–H and O–H groups in total. The van der Waals surface area contributed by atoms with Gasteiger partial charge in [0.1, 0.15) is 0 Å². The van der Waals surface area contributed by atoms with E-state index < -0.39 is 0 Å². The van der Waals surface area contributed by atoms with Gasteiger partial charge in [-0.3, -0.25) is 4.79 Å². The fourth-order valence-electron chi connectivity index (χ4n) is 0.861. The molecule has 1 aromatic rings. The van der Waals surface area contributed by atoms with Crippen LogP contribution in [0.25, 0.3) is 0 Å². The Labute approximate surface area is 81.3 Å². The summed E-state index contributed by atoms with van der Waals surface area (Å²) in [5.41, 5.74) is 1.66. The van der Waals surface area contributed by atoms with Crippen LogP contribution in [0.2, 0.25) is 5.15 Å². The third-order valence-electron chi connectivity index (χ3n) is 1.56. The van der Waals surface area contributed by atoms with Crippen molar-refractivity contribution < 1.29 is 4.79 Å². The SMILES string of the molecule is CC(=O)NCc1nnc(Cl)cc1C. The molecule has 13 heavy (non-hydrogen) atoms. The molecule has 0 radical (unpaired) electrons. The van der Waals surface area contributed by atoms with E-state index in [1.807, 2.05) is 6.92 Å². The van der Waals surface area contributed by atoms with Crippen LogP contribution in [0.1, 0.15) is 18.2 Å². The van der Waals surface area contributed by atoms with E-state index in [2.05, 4.69) is 15.5 Å². The average molecular weight is 200 g/mol. The molecule has 1 rings (SSSR count). The van der Waals surface area contributed by atoms with Gasteiger partial charge in [0.05, 0.1) is 12.2 Å². The van der Waals surface area contributed by atoms with E-state index in [4.69, 9.17) is 11.6 Å². The van der Waals surface area contributed by atoms with Crippen LogP contribution in [0.4, 0.5) is 0 Å². The van der Waals surface area contributed by atoms with Crippen LogP contribution in [0.5, 0.6) is 0 Å². The van der Waals surface area contributed by atoms with Crippen LogP contribution in [-0.2, 0) is 11.3 Å². The number of carbonyl (C=O) groups is 1. The van der Waals surface area contributed by atoms with Gasteiger partial charge in [-0.25, -0.2) is 0 Å².